The Morgan fingerprint density at radius 1 is 0.926 bits per heavy atom. The number of halogens is 3. The number of aromatic nitrogens is 2. The van der Waals surface area contributed by atoms with Crippen molar-refractivity contribution in [1.82, 2.24) is 9.97 Å². The molecule has 0 saturated carbocycles. The topological polar surface area (TPSA) is 41.1 Å². The van der Waals surface area contributed by atoms with Gasteiger partial charge in [0.1, 0.15) is 5.82 Å². The van der Waals surface area contributed by atoms with Crippen molar-refractivity contribution in [3.05, 3.63) is 59.7 Å². The Bertz CT molecular complexity index is 929. The maximum absolute atomic E-state index is 13.4. The van der Waals surface area contributed by atoms with Crippen LogP contribution >= 0.6 is 12.4 Å². The van der Waals surface area contributed by atoms with Gasteiger partial charge >= 0.3 is 0 Å². The summed E-state index contributed by atoms with van der Waals surface area (Å²) in [6, 6.07) is 11.7. The Balaban J connectivity index is 0.00000210. The Labute approximate surface area is 163 Å². The van der Waals surface area contributed by atoms with Crippen LogP contribution in [0.5, 0.6) is 0 Å². The van der Waals surface area contributed by atoms with E-state index in [2.05, 4.69) is 10.2 Å². The van der Waals surface area contributed by atoms with E-state index in [-0.39, 0.29) is 12.4 Å². The van der Waals surface area contributed by atoms with Crippen LogP contribution in [0.4, 0.5) is 20.5 Å². The van der Waals surface area contributed by atoms with Gasteiger partial charge in [-0.15, -0.1) is 12.4 Å². The Hall–Kier alpha value is -2.47. The number of anilines is 2. The standard InChI is InChI=1S/C20H20F2N4.ClH/c21-16-9-8-14(12-17(16)22)13-23-19-15-6-2-3-7-18(15)24-20(25-19)26-10-4-1-5-11-26;/h2-3,6-9,12H,1,4-5,10-11,13H2,(H,23,24,25);1H. The molecule has 0 bridgehead atoms. The molecule has 0 unspecified atom stereocenters. The van der Waals surface area contributed by atoms with E-state index >= 15 is 0 Å². The summed E-state index contributed by atoms with van der Waals surface area (Å²) >= 11 is 0. The zero-order chi connectivity index (χ0) is 17.9. The zero-order valence-corrected chi connectivity index (χ0v) is 15.6. The van der Waals surface area contributed by atoms with E-state index in [1.54, 1.807) is 6.07 Å². The summed E-state index contributed by atoms with van der Waals surface area (Å²) in [5.41, 5.74) is 1.53. The first-order chi connectivity index (χ1) is 12.7. The Morgan fingerprint density at radius 3 is 2.48 bits per heavy atom. The second kappa shape index (κ2) is 8.48. The van der Waals surface area contributed by atoms with Crippen LogP contribution in [0, 0.1) is 11.6 Å². The highest BCUT2D eigenvalue weighted by Gasteiger charge is 2.16. The second-order valence-electron chi connectivity index (χ2n) is 6.54. The van der Waals surface area contributed by atoms with E-state index < -0.39 is 11.6 Å². The van der Waals surface area contributed by atoms with Gasteiger partial charge in [-0.3, -0.25) is 0 Å². The van der Waals surface area contributed by atoms with Crippen molar-refractivity contribution in [1.29, 1.82) is 0 Å². The van der Waals surface area contributed by atoms with Gasteiger partial charge in [0.05, 0.1) is 5.52 Å². The van der Waals surface area contributed by atoms with Gasteiger partial charge in [0, 0.05) is 25.0 Å². The fourth-order valence-corrected chi connectivity index (χ4v) is 3.27. The van der Waals surface area contributed by atoms with Crippen LogP contribution in [0.15, 0.2) is 42.5 Å². The van der Waals surface area contributed by atoms with E-state index in [1.807, 2.05) is 24.3 Å². The van der Waals surface area contributed by atoms with Gasteiger partial charge in [0.2, 0.25) is 5.95 Å². The van der Waals surface area contributed by atoms with E-state index in [4.69, 9.17) is 9.97 Å². The van der Waals surface area contributed by atoms with Crippen molar-refractivity contribution in [2.24, 2.45) is 0 Å². The summed E-state index contributed by atoms with van der Waals surface area (Å²) in [4.78, 5) is 11.6. The highest BCUT2D eigenvalue weighted by Crippen LogP contribution is 2.25. The van der Waals surface area contributed by atoms with Crippen LogP contribution in [0.3, 0.4) is 0 Å². The van der Waals surface area contributed by atoms with Crippen molar-refractivity contribution in [2.75, 3.05) is 23.3 Å². The first-order valence-electron chi connectivity index (χ1n) is 8.90. The molecule has 0 aliphatic carbocycles. The number of para-hydroxylation sites is 1. The molecule has 0 spiro atoms. The third-order valence-electron chi connectivity index (χ3n) is 4.67. The lowest BCUT2D eigenvalue weighted by Crippen LogP contribution is -2.31. The molecular formula is C20H21ClF2N4. The summed E-state index contributed by atoms with van der Waals surface area (Å²) in [6.45, 7) is 2.28. The zero-order valence-electron chi connectivity index (χ0n) is 14.8. The average Bonchev–Trinajstić information content (AvgIpc) is 2.69. The second-order valence-corrected chi connectivity index (χ2v) is 6.54. The molecule has 3 aromatic rings. The summed E-state index contributed by atoms with van der Waals surface area (Å²) in [5, 5.41) is 4.18. The summed E-state index contributed by atoms with van der Waals surface area (Å²) in [7, 11) is 0. The van der Waals surface area contributed by atoms with Crippen LogP contribution in [0.25, 0.3) is 10.9 Å². The minimum absolute atomic E-state index is 0. The molecule has 7 heteroatoms. The van der Waals surface area contributed by atoms with Crippen molar-refractivity contribution < 1.29 is 8.78 Å². The summed E-state index contributed by atoms with van der Waals surface area (Å²) < 4.78 is 26.5. The number of nitrogens with zero attached hydrogens (tertiary/aromatic N) is 3. The lowest BCUT2D eigenvalue weighted by atomic mass is 10.1. The predicted octanol–water partition coefficient (Wildman–Crippen LogP) is 4.93. The molecule has 0 radical (unpaired) electrons. The molecule has 1 fully saturated rings. The van der Waals surface area contributed by atoms with Crippen LogP contribution in [0.1, 0.15) is 24.8 Å². The van der Waals surface area contributed by atoms with Crippen LogP contribution in [-0.2, 0) is 6.54 Å². The highest BCUT2D eigenvalue weighted by molar-refractivity contribution is 5.90. The number of hydrogen-bond acceptors (Lipinski definition) is 4. The summed E-state index contributed by atoms with van der Waals surface area (Å²) in [6.07, 6.45) is 3.53. The van der Waals surface area contributed by atoms with E-state index in [9.17, 15) is 8.78 Å². The molecule has 0 atom stereocenters. The highest BCUT2D eigenvalue weighted by atomic mass is 35.5. The number of benzene rings is 2. The molecular weight excluding hydrogens is 370 g/mol. The normalized spacial score (nSPS) is 14.1. The predicted molar refractivity (Wildman–Crippen MR) is 107 cm³/mol. The van der Waals surface area contributed by atoms with E-state index in [1.165, 1.54) is 12.5 Å². The summed E-state index contributed by atoms with van der Waals surface area (Å²) in [5.74, 6) is -0.253. The molecule has 1 aliphatic heterocycles. The smallest absolute Gasteiger partial charge is 0.227 e. The molecule has 4 nitrogen and oxygen atoms in total. The molecule has 1 aromatic heterocycles. The van der Waals surface area contributed by atoms with Crippen molar-refractivity contribution >= 4 is 35.1 Å². The minimum Gasteiger partial charge on any atom is -0.365 e. The number of rotatable bonds is 4. The van der Waals surface area contributed by atoms with Crippen molar-refractivity contribution in [2.45, 2.75) is 25.8 Å². The SMILES string of the molecule is Cl.Fc1ccc(CNc2nc(N3CCCCC3)nc3ccccc23)cc1F. The molecule has 2 aromatic carbocycles. The first-order valence-corrected chi connectivity index (χ1v) is 8.90. The van der Waals surface area contributed by atoms with Gasteiger partial charge in [-0.05, 0) is 49.1 Å². The lowest BCUT2D eigenvalue weighted by molar-refractivity contribution is 0.507. The van der Waals surface area contributed by atoms with Crippen molar-refractivity contribution in [3.63, 3.8) is 0 Å². The molecule has 1 saturated heterocycles. The van der Waals surface area contributed by atoms with E-state index in [0.29, 0.717) is 17.9 Å². The Kier molecular flexibility index (Phi) is 6.06. The quantitative estimate of drug-likeness (QED) is 0.685. The molecule has 142 valence electrons. The molecule has 2 heterocycles. The maximum Gasteiger partial charge on any atom is 0.227 e. The lowest BCUT2D eigenvalue weighted by Gasteiger charge is -2.27. The minimum atomic E-state index is -0.842. The maximum atomic E-state index is 13.4. The number of fused-ring (bicyclic) bond motifs is 1. The molecule has 27 heavy (non-hydrogen) atoms. The molecule has 1 aliphatic rings. The Morgan fingerprint density at radius 2 is 1.70 bits per heavy atom. The molecule has 0 amide bonds. The van der Waals surface area contributed by atoms with Gasteiger partial charge in [-0.25, -0.2) is 13.8 Å². The fraction of sp³-hybridized carbons (Fsp3) is 0.300. The van der Waals surface area contributed by atoms with Gasteiger partial charge in [0.25, 0.3) is 0 Å². The van der Waals surface area contributed by atoms with Gasteiger partial charge < -0.3 is 10.2 Å². The number of nitrogens with one attached hydrogen (secondary N) is 1. The molecule has 1 N–H and O–H groups in total. The van der Waals surface area contributed by atoms with Gasteiger partial charge in [-0.2, -0.15) is 4.98 Å². The third-order valence-corrected chi connectivity index (χ3v) is 4.67. The largest absolute Gasteiger partial charge is 0.365 e. The first kappa shape index (κ1) is 19.3. The van der Waals surface area contributed by atoms with E-state index in [0.717, 1.165) is 48.8 Å². The fourth-order valence-electron chi connectivity index (χ4n) is 3.27. The molecule has 4 rings (SSSR count). The number of hydrogen-bond donors (Lipinski definition) is 1. The van der Waals surface area contributed by atoms with Crippen LogP contribution < -0.4 is 10.2 Å². The number of piperidine rings is 1. The monoisotopic (exact) mass is 390 g/mol. The third kappa shape index (κ3) is 4.27. The van der Waals surface area contributed by atoms with Crippen molar-refractivity contribution in [3.8, 4) is 0 Å². The van der Waals surface area contributed by atoms with Gasteiger partial charge in [0.15, 0.2) is 11.6 Å². The van der Waals surface area contributed by atoms with Crippen LogP contribution in [0.2, 0.25) is 0 Å². The van der Waals surface area contributed by atoms with Crippen LogP contribution in [-0.4, -0.2) is 23.1 Å². The average molecular weight is 391 g/mol. The van der Waals surface area contributed by atoms with Gasteiger partial charge in [-0.1, -0.05) is 18.2 Å².